The number of rotatable bonds is 4. The first kappa shape index (κ1) is 13.8. The Kier molecular flexibility index (Phi) is 3.69. The summed E-state index contributed by atoms with van der Waals surface area (Å²) in [5.74, 6) is -0.524. The molecule has 1 N–H and O–H groups in total. The van der Waals surface area contributed by atoms with E-state index >= 15 is 0 Å². The highest BCUT2D eigenvalue weighted by molar-refractivity contribution is 7.99. The van der Waals surface area contributed by atoms with Crippen molar-refractivity contribution < 1.29 is 14.9 Å². The molecule has 4 nitrogen and oxygen atoms in total. The lowest BCUT2D eigenvalue weighted by Crippen LogP contribution is -2.25. The maximum absolute atomic E-state index is 9.47. The molecule has 1 unspecified atom stereocenters. The minimum Gasteiger partial charge on any atom is -0.339 e. The van der Waals surface area contributed by atoms with Crippen molar-refractivity contribution in [1.29, 1.82) is 0 Å². The fourth-order valence-electron chi connectivity index (χ4n) is 2.10. The monoisotopic (exact) mass is 291 g/mol. The fraction of sp³-hybridized carbons (Fsp3) is 0.400. The summed E-state index contributed by atoms with van der Waals surface area (Å²) in [6.45, 7) is 2.12. The van der Waals surface area contributed by atoms with Gasteiger partial charge in [-0.3, -0.25) is 4.99 Å². The molecular formula is C15H17NO3S. The second-order valence-corrected chi connectivity index (χ2v) is 6.04. The van der Waals surface area contributed by atoms with Crippen molar-refractivity contribution in [2.75, 3.05) is 5.75 Å². The van der Waals surface area contributed by atoms with Crippen LogP contribution in [0.2, 0.25) is 0 Å². The third-order valence-corrected chi connectivity index (χ3v) is 4.88. The molecule has 2 aliphatic rings. The van der Waals surface area contributed by atoms with Gasteiger partial charge in [0, 0.05) is 22.4 Å². The lowest BCUT2D eigenvalue weighted by molar-refractivity contribution is 0.0335. The predicted octanol–water partition coefficient (Wildman–Crippen LogP) is 2.91. The quantitative estimate of drug-likeness (QED) is 0.526. The standard InChI is InChI=1S/C15H17NO3S/c1-2-14(8-5-9-15(17)18-19-15)11-20-13-7-4-3-6-12(13)10-16-14/h3-8,10,17H,2,9,11H2,1H3. The SMILES string of the molecule is CCC1(C=CCC2(O)OO2)CSc2ccccc2C=N1. The number of aliphatic hydroxyl groups is 1. The maximum atomic E-state index is 9.47. The Morgan fingerprint density at radius 2 is 2.20 bits per heavy atom. The van der Waals surface area contributed by atoms with Crippen LogP contribution >= 0.6 is 11.8 Å². The minimum absolute atomic E-state index is 0.241. The molecule has 1 aromatic rings. The normalized spacial score (nSPS) is 27.3. The van der Waals surface area contributed by atoms with Crippen LogP contribution < -0.4 is 0 Å². The molecule has 3 rings (SSSR count). The van der Waals surface area contributed by atoms with Crippen LogP contribution in [0, 0.1) is 0 Å². The highest BCUT2D eigenvalue weighted by atomic mass is 32.2. The molecule has 0 amide bonds. The molecule has 0 spiro atoms. The lowest BCUT2D eigenvalue weighted by Gasteiger charge is -2.23. The van der Waals surface area contributed by atoms with Crippen molar-refractivity contribution in [3.63, 3.8) is 0 Å². The van der Waals surface area contributed by atoms with E-state index in [-0.39, 0.29) is 5.54 Å². The lowest BCUT2D eigenvalue weighted by atomic mass is 9.98. The third kappa shape index (κ3) is 2.96. The number of nitrogens with zero attached hydrogens (tertiary/aromatic N) is 1. The van der Waals surface area contributed by atoms with E-state index < -0.39 is 5.97 Å². The molecule has 1 fully saturated rings. The zero-order valence-electron chi connectivity index (χ0n) is 11.3. The molecule has 2 heterocycles. The van der Waals surface area contributed by atoms with Crippen molar-refractivity contribution in [2.24, 2.45) is 4.99 Å². The summed E-state index contributed by atoms with van der Waals surface area (Å²) in [4.78, 5) is 15.0. The molecule has 1 atom stereocenters. The van der Waals surface area contributed by atoms with E-state index in [0.29, 0.717) is 6.42 Å². The average molecular weight is 291 g/mol. The fourth-order valence-corrected chi connectivity index (χ4v) is 3.34. The summed E-state index contributed by atoms with van der Waals surface area (Å²) in [5.41, 5.74) is 0.920. The average Bonchev–Trinajstić information content (AvgIpc) is 3.23. The summed E-state index contributed by atoms with van der Waals surface area (Å²) in [5, 5.41) is 9.47. The highest BCUT2D eigenvalue weighted by Crippen LogP contribution is 2.34. The molecule has 0 radical (unpaired) electrons. The summed E-state index contributed by atoms with van der Waals surface area (Å²) in [6.07, 6.45) is 7.10. The molecule has 0 aromatic heterocycles. The van der Waals surface area contributed by atoms with E-state index in [1.54, 1.807) is 0 Å². The Labute approximate surface area is 122 Å². The maximum Gasteiger partial charge on any atom is 0.341 e. The van der Waals surface area contributed by atoms with Gasteiger partial charge in [0.15, 0.2) is 0 Å². The summed E-state index contributed by atoms with van der Waals surface area (Å²) >= 11 is 1.81. The first-order valence-electron chi connectivity index (χ1n) is 6.69. The van der Waals surface area contributed by atoms with E-state index in [0.717, 1.165) is 17.7 Å². The Hall–Kier alpha value is -1.14. The van der Waals surface area contributed by atoms with Crippen molar-refractivity contribution in [1.82, 2.24) is 0 Å². The molecule has 5 heteroatoms. The zero-order valence-corrected chi connectivity index (χ0v) is 12.1. The van der Waals surface area contributed by atoms with Gasteiger partial charge in [-0.1, -0.05) is 37.3 Å². The van der Waals surface area contributed by atoms with Crippen molar-refractivity contribution in [3.8, 4) is 0 Å². The van der Waals surface area contributed by atoms with Crippen molar-refractivity contribution in [2.45, 2.75) is 36.2 Å². The highest BCUT2D eigenvalue weighted by Gasteiger charge is 2.46. The van der Waals surface area contributed by atoms with Crippen LogP contribution in [-0.2, 0) is 9.78 Å². The molecule has 0 aliphatic carbocycles. The Bertz CT molecular complexity index is 554. The Morgan fingerprint density at radius 3 is 2.95 bits per heavy atom. The third-order valence-electron chi connectivity index (χ3n) is 3.55. The van der Waals surface area contributed by atoms with E-state index in [4.69, 9.17) is 4.99 Å². The van der Waals surface area contributed by atoms with Crippen LogP contribution in [0.4, 0.5) is 0 Å². The molecule has 106 valence electrons. The van der Waals surface area contributed by atoms with Crippen LogP contribution in [0.1, 0.15) is 25.3 Å². The molecule has 2 aliphatic heterocycles. The zero-order chi connectivity index (χ0) is 14.1. The van der Waals surface area contributed by atoms with Gasteiger partial charge in [-0.2, -0.15) is 9.78 Å². The molecule has 1 saturated heterocycles. The van der Waals surface area contributed by atoms with Gasteiger partial charge >= 0.3 is 5.97 Å². The number of fused-ring (bicyclic) bond motifs is 1. The molecular weight excluding hydrogens is 274 g/mol. The van der Waals surface area contributed by atoms with Crippen LogP contribution in [0.25, 0.3) is 0 Å². The summed E-state index contributed by atoms with van der Waals surface area (Å²) in [6, 6.07) is 8.27. The van der Waals surface area contributed by atoms with E-state index in [2.05, 4.69) is 28.8 Å². The van der Waals surface area contributed by atoms with Gasteiger partial charge in [0.1, 0.15) is 0 Å². The number of hydrogen-bond donors (Lipinski definition) is 1. The minimum atomic E-state index is -1.41. The second-order valence-electron chi connectivity index (χ2n) is 5.03. The Morgan fingerprint density at radius 1 is 1.40 bits per heavy atom. The van der Waals surface area contributed by atoms with Gasteiger partial charge in [-0.05, 0) is 12.5 Å². The number of aliphatic imine (C=N–C) groups is 1. The first-order chi connectivity index (χ1) is 9.65. The van der Waals surface area contributed by atoms with Crippen molar-refractivity contribution >= 4 is 18.0 Å². The smallest absolute Gasteiger partial charge is 0.339 e. The first-order valence-corrected chi connectivity index (χ1v) is 7.67. The van der Waals surface area contributed by atoms with Gasteiger partial charge in [-0.25, -0.2) is 0 Å². The van der Waals surface area contributed by atoms with Crippen LogP contribution in [-0.4, -0.2) is 28.6 Å². The number of hydrogen-bond acceptors (Lipinski definition) is 5. The Balaban J connectivity index is 1.77. The molecule has 1 aromatic carbocycles. The molecule has 20 heavy (non-hydrogen) atoms. The molecule has 0 saturated carbocycles. The van der Waals surface area contributed by atoms with Gasteiger partial charge < -0.3 is 5.11 Å². The van der Waals surface area contributed by atoms with E-state index in [1.165, 1.54) is 4.90 Å². The largest absolute Gasteiger partial charge is 0.341 e. The number of benzene rings is 1. The predicted molar refractivity (Wildman–Crippen MR) is 78.7 cm³/mol. The van der Waals surface area contributed by atoms with Crippen LogP contribution in [0.15, 0.2) is 46.3 Å². The van der Waals surface area contributed by atoms with Crippen LogP contribution in [0.3, 0.4) is 0 Å². The number of thioether (sulfide) groups is 1. The van der Waals surface area contributed by atoms with Gasteiger partial charge in [0.05, 0.1) is 12.0 Å². The molecule has 0 bridgehead atoms. The van der Waals surface area contributed by atoms with Gasteiger partial charge in [0.2, 0.25) is 0 Å². The topological polar surface area (TPSA) is 57.6 Å². The second kappa shape index (κ2) is 5.33. The summed E-state index contributed by atoms with van der Waals surface area (Å²) < 4.78 is 0. The van der Waals surface area contributed by atoms with E-state index in [1.807, 2.05) is 42.3 Å². The van der Waals surface area contributed by atoms with Crippen LogP contribution in [0.5, 0.6) is 0 Å². The summed E-state index contributed by atoms with van der Waals surface area (Å²) in [7, 11) is 0. The van der Waals surface area contributed by atoms with Gasteiger partial charge in [-0.15, -0.1) is 11.8 Å². The van der Waals surface area contributed by atoms with Gasteiger partial charge in [0.25, 0.3) is 0 Å². The van der Waals surface area contributed by atoms with Crippen molar-refractivity contribution in [3.05, 3.63) is 42.0 Å². The van der Waals surface area contributed by atoms with E-state index in [9.17, 15) is 5.11 Å².